The molecule has 0 aliphatic carbocycles. The van der Waals surface area contributed by atoms with E-state index in [9.17, 15) is 14.2 Å². The van der Waals surface area contributed by atoms with Gasteiger partial charge in [-0.15, -0.1) is 0 Å². The maximum atomic E-state index is 14.8. The molecule has 0 N–H and O–H groups in total. The molecular formula is C36H47O3P. The first-order valence-corrected chi connectivity index (χ1v) is 15.6. The Kier molecular flexibility index (Phi) is 8.65. The van der Waals surface area contributed by atoms with Crippen LogP contribution in [0.4, 0.5) is 0 Å². The van der Waals surface area contributed by atoms with E-state index in [-0.39, 0.29) is 16.7 Å². The van der Waals surface area contributed by atoms with E-state index in [4.69, 9.17) is 0 Å². The lowest BCUT2D eigenvalue weighted by molar-refractivity contribution is 0.103. The van der Waals surface area contributed by atoms with Crippen LogP contribution in [0.2, 0.25) is 0 Å². The molecule has 40 heavy (non-hydrogen) atoms. The third kappa shape index (κ3) is 5.96. The van der Waals surface area contributed by atoms with Crippen molar-refractivity contribution in [2.24, 2.45) is 0 Å². The van der Waals surface area contributed by atoms with Crippen molar-refractivity contribution in [3.05, 3.63) is 98.1 Å². The van der Waals surface area contributed by atoms with Gasteiger partial charge in [-0.25, -0.2) is 0 Å². The van der Waals surface area contributed by atoms with E-state index < -0.39 is 18.6 Å². The van der Waals surface area contributed by atoms with E-state index in [1.807, 2.05) is 64.1 Å². The van der Waals surface area contributed by atoms with Crippen LogP contribution >= 0.6 is 7.80 Å². The number of aryl methyl sites for hydroxylation is 2. The number of benzene rings is 3. The minimum Gasteiger partial charge on any atom is -0.313 e. The van der Waals surface area contributed by atoms with Gasteiger partial charge in [-0.05, 0) is 82.9 Å². The number of hydrogen-bond acceptors (Lipinski definition) is 3. The molecule has 1 unspecified atom stereocenters. The third-order valence-corrected chi connectivity index (χ3v) is 9.61. The summed E-state index contributed by atoms with van der Waals surface area (Å²) in [4.78, 5) is 28.7. The summed E-state index contributed by atoms with van der Waals surface area (Å²) in [5, 5.41) is 0.555. The summed E-state index contributed by atoms with van der Waals surface area (Å²) >= 11 is 0. The van der Waals surface area contributed by atoms with Crippen LogP contribution in [-0.4, -0.2) is 11.3 Å². The molecule has 0 aromatic heterocycles. The van der Waals surface area contributed by atoms with Crippen molar-refractivity contribution in [1.82, 2.24) is 0 Å². The molecule has 0 aliphatic heterocycles. The van der Waals surface area contributed by atoms with Gasteiger partial charge in [0.1, 0.15) is 0 Å². The van der Waals surface area contributed by atoms with Crippen LogP contribution in [0.15, 0.2) is 42.5 Å². The fourth-order valence-corrected chi connectivity index (χ4v) is 7.94. The summed E-state index contributed by atoms with van der Waals surface area (Å²) in [6.45, 7) is 26.7. The van der Waals surface area contributed by atoms with Crippen molar-refractivity contribution in [3.8, 4) is 0 Å². The van der Waals surface area contributed by atoms with Gasteiger partial charge in [0, 0.05) is 22.0 Å². The molecule has 3 rings (SSSR count). The Morgan fingerprint density at radius 3 is 1.62 bits per heavy atom. The molecule has 3 nitrogen and oxygen atoms in total. The van der Waals surface area contributed by atoms with Crippen LogP contribution in [0.5, 0.6) is 0 Å². The van der Waals surface area contributed by atoms with E-state index in [2.05, 4.69) is 68.4 Å². The van der Waals surface area contributed by atoms with Gasteiger partial charge in [-0.2, -0.15) is 0 Å². The summed E-state index contributed by atoms with van der Waals surface area (Å²) < 4.78 is 14.8. The molecule has 3 aromatic carbocycles. The lowest BCUT2D eigenvalue weighted by atomic mass is 9.70. The van der Waals surface area contributed by atoms with E-state index in [1.165, 1.54) is 0 Å². The molecule has 0 bridgehead atoms. The van der Waals surface area contributed by atoms with Gasteiger partial charge < -0.3 is 4.57 Å². The summed E-state index contributed by atoms with van der Waals surface area (Å²) in [5.74, 6) is -0.0991. The molecule has 0 amide bonds. The van der Waals surface area contributed by atoms with E-state index in [0.717, 1.165) is 38.9 Å². The number of ketones is 1. The van der Waals surface area contributed by atoms with Crippen molar-refractivity contribution >= 4 is 24.4 Å². The van der Waals surface area contributed by atoms with Gasteiger partial charge in [0.05, 0.1) is 0 Å². The highest BCUT2D eigenvalue weighted by molar-refractivity contribution is 7.71. The summed E-state index contributed by atoms with van der Waals surface area (Å²) in [5.41, 5.74) is 6.45. The van der Waals surface area contributed by atoms with Crippen molar-refractivity contribution < 1.29 is 14.2 Å². The molecule has 0 saturated carbocycles. The highest BCUT2D eigenvalue weighted by atomic mass is 31.1. The second-order valence-corrected chi connectivity index (χ2v) is 15.9. The Morgan fingerprint density at radius 1 is 0.625 bits per heavy atom. The van der Waals surface area contributed by atoms with E-state index in [0.29, 0.717) is 22.0 Å². The minimum atomic E-state index is -3.03. The quantitative estimate of drug-likeness (QED) is 0.232. The van der Waals surface area contributed by atoms with Crippen LogP contribution in [-0.2, 0) is 20.8 Å². The van der Waals surface area contributed by atoms with Gasteiger partial charge >= 0.3 is 0 Å². The largest absolute Gasteiger partial charge is 0.313 e. The second kappa shape index (κ2) is 10.9. The normalized spacial score (nSPS) is 13.3. The second-order valence-electron chi connectivity index (χ2n) is 14.3. The van der Waals surface area contributed by atoms with E-state index >= 15 is 0 Å². The number of carbonyl (C=O) groups is 2. The average Bonchev–Trinajstić information content (AvgIpc) is 2.83. The molecule has 0 aliphatic rings. The predicted molar refractivity (Wildman–Crippen MR) is 171 cm³/mol. The van der Waals surface area contributed by atoms with Gasteiger partial charge in [0.15, 0.2) is 13.6 Å². The Balaban J connectivity index is 2.56. The van der Waals surface area contributed by atoms with Crippen molar-refractivity contribution in [2.45, 2.75) is 106 Å². The molecule has 4 heteroatoms. The van der Waals surface area contributed by atoms with Crippen molar-refractivity contribution in [1.29, 1.82) is 0 Å². The van der Waals surface area contributed by atoms with Gasteiger partial charge in [-0.1, -0.05) is 105 Å². The minimum absolute atomic E-state index is 0.0991. The predicted octanol–water partition coefficient (Wildman–Crippen LogP) is 9.07. The Hall–Kier alpha value is -2.77. The lowest BCUT2D eigenvalue weighted by Gasteiger charge is -2.36. The molecule has 0 fully saturated rings. The fraction of sp³-hybridized carbons (Fsp3) is 0.444. The van der Waals surface area contributed by atoms with Crippen LogP contribution in [0.1, 0.15) is 128 Å². The number of rotatable bonds is 5. The molecule has 0 saturated heterocycles. The first-order valence-electron chi connectivity index (χ1n) is 14.2. The first-order chi connectivity index (χ1) is 18.2. The average molecular weight is 559 g/mol. The standard InChI is InChI=1S/C36H47O3P/c1-21-19-22(2)28(24(4)23(21)3)33(38)40(39)32-27(35(8,9)10)20-26(34(5,6)7)29(30(32)36(11,12)13)31(37)25-17-15-14-16-18-25/h14-20,40H,1-13H3. The first kappa shape index (κ1) is 31.8. The zero-order valence-electron chi connectivity index (χ0n) is 26.8. The van der Waals surface area contributed by atoms with Gasteiger partial charge in [0.2, 0.25) is 5.52 Å². The summed E-state index contributed by atoms with van der Waals surface area (Å²) in [6.07, 6.45) is 0. The highest BCUT2D eigenvalue weighted by Crippen LogP contribution is 2.44. The van der Waals surface area contributed by atoms with E-state index in [1.54, 1.807) is 0 Å². The highest BCUT2D eigenvalue weighted by Gasteiger charge is 2.39. The zero-order chi connectivity index (χ0) is 30.5. The molecule has 0 radical (unpaired) electrons. The monoisotopic (exact) mass is 558 g/mol. The third-order valence-electron chi connectivity index (χ3n) is 7.97. The zero-order valence-corrected chi connectivity index (χ0v) is 27.8. The topological polar surface area (TPSA) is 51.2 Å². The Labute approximate surface area is 242 Å². The number of hydrogen-bond donors (Lipinski definition) is 0. The molecular weight excluding hydrogens is 511 g/mol. The Morgan fingerprint density at radius 2 is 1.15 bits per heavy atom. The maximum Gasteiger partial charge on any atom is 0.223 e. The smallest absolute Gasteiger partial charge is 0.223 e. The SMILES string of the molecule is Cc1cc(C)c(C(=O)[PH](=O)c2c(C(C)(C)C)cc(C(C)(C)C)c(C(=O)c3ccccc3)c2C(C)(C)C)c(C)c1C. The molecule has 0 spiro atoms. The van der Waals surface area contributed by atoms with Crippen LogP contribution in [0.25, 0.3) is 0 Å². The molecule has 3 aromatic rings. The molecule has 214 valence electrons. The fourth-order valence-electron chi connectivity index (χ4n) is 5.68. The van der Waals surface area contributed by atoms with Crippen LogP contribution in [0.3, 0.4) is 0 Å². The van der Waals surface area contributed by atoms with Crippen molar-refractivity contribution in [3.63, 3.8) is 0 Å². The maximum absolute atomic E-state index is 14.8. The van der Waals surface area contributed by atoms with Gasteiger partial charge in [-0.3, -0.25) is 9.59 Å². The van der Waals surface area contributed by atoms with Gasteiger partial charge in [0.25, 0.3) is 0 Å². The van der Waals surface area contributed by atoms with Crippen molar-refractivity contribution in [2.75, 3.05) is 0 Å². The summed E-state index contributed by atoms with van der Waals surface area (Å²) in [7, 11) is -3.03. The van der Waals surface area contributed by atoms with Crippen LogP contribution in [0, 0.1) is 27.7 Å². The Bertz CT molecular complexity index is 1510. The molecule has 0 heterocycles. The van der Waals surface area contributed by atoms with Crippen LogP contribution < -0.4 is 5.30 Å². The lowest BCUT2D eigenvalue weighted by Crippen LogP contribution is -2.35. The molecule has 1 atom stereocenters. The summed E-state index contributed by atoms with van der Waals surface area (Å²) in [6, 6.07) is 13.4. The number of carbonyl (C=O) groups excluding carboxylic acids is 2.